The number of pyridine rings is 1. The summed E-state index contributed by atoms with van der Waals surface area (Å²) in [5.41, 5.74) is 1.10. The second kappa shape index (κ2) is 9.12. The molecule has 1 aliphatic rings. The molecule has 0 unspecified atom stereocenters. The Hall–Kier alpha value is -2.51. The molecule has 148 valence electrons. The molecule has 0 saturated carbocycles. The van der Waals surface area contributed by atoms with E-state index in [0.29, 0.717) is 36.8 Å². The lowest BCUT2D eigenvalue weighted by Crippen LogP contribution is -2.41. The molecule has 2 heterocycles. The number of piperidine rings is 1. The fraction of sp³-hybridized carbons (Fsp3) is 0.350. The minimum atomic E-state index is -0.530. The first-order chi connectivity index (χ1) is 13.4. The van der Waals surface area contributed by atoms with Gasteiger partial charge in [0.25, 0.3) is 0 Å². The summed E-state index contributed by atoms with van der Waals surface area (Å²) in [5, 5.41) is 5.73. The SMILES string of the molecule is Cc1ccc(NC(=O)C2CCN(CC(=O)Nc3cc(Cl)ccc3F)CC2)nc1. The maximum atomic E-state index is 13.7. The third kappa shape index (κ3) is 5.50. The van der Waals surface area contributed by atoms with Crippen molar-refractivity contribution in [2.45, 2.75) is 19.8 Å². The molecular weight excluding hydrogens is 383 g/mol. The Balaban J connectivity index is 1.45. The number of carbonyl (C=O) groups excluding carboxylic acids is 2. The van der Waals surface area contributed by atoms with Crippen LogP contribution >= 0.6 is 11.6 Å². The summed E-state index contributed by atoms with van der Waals surface area (Å²) in [7, 11) is 0. The lowest BCUT2D eigenvalue weighted by atomic mass is 9.96. The smallest absolute Gasteiger partial charge is 0.238 e. The molecule has 2 N–H and O–H groups in total. The van der Waals surface area contributed by atoms with Crippen LogP contribution in [0.4, 0.5) is 15.9 Å². The van der Waals surface area contributed by atoms with Crippen molar-refractivity contribution >= 4 is 34.9 Å². The van der Waals surface area contributed by atoms with E-state index in [1.807, 2.05) is 17.9 Å². The Bertz CT molecular complexity index is 852. The Morgan fingerprint density at radius 3 is 2.64 bits per heavy atom. The lowest BCUT2D eigenvalue weighted by molar-refractivity contribution is -0.121. The summed E-state index contributed by atoms with van der Waals surface area (Å²) < 4.78 is 13.7. The summed E-state index contributed by atoms with van der Waals surface area (Å²) in [6.07, 6.45) is 3.01. The van der Waals surface area contributed by atoms with Gasteiger partial charge >= 0.3 is 0 Å². The van der Waals surface area contributed by atoms with Crippen molar-refractivity contribution in [3.63, 3.8) is 0 Å². The first-order valence-corrected chi connectivity index (χ1v) is 9.49. The molecule has 1 aromatic heterocycles. The number of aryl methyl sites for hydroxylation is 1. The number of aromatic nitrogens is 1. The van der Waals surface area contributed by atoms with E-state index in [4.69, 9.17) is 11.6 Å². The average molecular weight is 405 g/mol. The quantitative estimate of drug-likeness (QED) is 0.800. The molecule has 6 nitrogen and oxygen atoms in total. The van der Waals surface area contributed by atoms with Gasteiger partial charge in [-0.2, -0.15) is 0 Å². The summed E-state index contributed by atoms with van der Waals surface area (Å²) in [4.78, 5) is 30.7. The molecule has 0 atom stereocenters. The molecule has 3 rings (SSSR count). The second-order valence-electron chi connectivity index (χ2n) is 6.93. The standard InChI is InChI=1S/C20H22ClFN4O2/c1-13-2-5-18(23-11-13)25-20(28)14-6-8-26(9-7-14)12-19(27)24-17-10-15(21)3-4-16(17)22/h2-5,10-11,14H,6-9,12H2,1H3,(H,24,27)(H,23,25,28). The number of hydrogen-bond acceptors (Lipinski definition) is 4. The highest BCUT2D eigenvalue weighted by atomic mass is 35.5. The van der Waals surface area contributed by atoms with E-state index in [9.17, 15) is 14.0 Å². The molecule has 0 aliphatic carbocycles. The fourth-order valence-corrected chi connectivity index (χ4v) is 3.28. The van der Waals surface area contributed by atoms with Crippen LogP contribution in [0.5, 0.6) is 0 Å². The zero-order valence-corrected chi connectivity index (χ0v) is 16.3. The van der Waals surface area contributed by atoms with Gasteiger partial charge in [0.2, 0.25) is 11.8 Å². The number of nitrogens with one attached hydrogen (secondary N) is 2. The van der Waals surface area contributed by atoms with Crippen molar-refractivity contribution in [1.29, 1.82) is 0 Å². The number of benzene rings is 1. The predicted molar refractivity (Wildman–Crippen MR) is 107 cm³/mol. The third-order valence-electron chi connectivity index (χ3n) is 4.69. The molecule has 1 aromatic carbocycles. The van der Waals surface area contributed by atoms with Gasteiger partial charge in [0.1, 0.15) is 11.6 Å². The van der Waals surface area contributed by atoms with E-state index < -0.39 is 5.82 Å². The maximum absolute atomic E-state index is 13.7. The topological polar surface area (TPSA) is 74.3 Å². The number of carbonyl (C=O) groups is 2. The van der Waals surface area contributed by atoms with Crippen molar-refractivity contribution < 1.29 is 14.0 Å². The average Bonchev–Trinajstić information content (AvgIpc) is 2.67. The van der Waals surface area contributed by atoms with Gasteiger partial charge in [0, 0.05) is 17.1 Å². The number of rotatable bonds is 5. The first-order valence-electron chi connectivity index (χ1n) is 9.11. The van der Waals surface area contributed by atoms with Gasteiger partial charge in [-0.05, 0) is 62.7 Å². The summed E-state index contributed by atoms with van der Waals surface area (Å²) in [6, 6.07) is 7.69. The van der Waals surface area contributed by atoms with Crippen molar-refractivity contribution in [3.8, 4) is 0 Å². The predicted octanol–water partition coefficient (Wildman–Crippen LogP) is 3.47. The van der Waals surface area contributed by atoms with Gasteiger partial charge in [-0.15, -0.1) is 0 Å². The van der Waals surface area contributed by atoms with Crippen LogP contribution in [-0.2, 0) is 9.59 Å². The Labute approximate surface area is 168 Å². The van der Waals surface area contributed by atoms with Crippen LogP contribution < -0.4 is 10.6 Å². The zero-order chi connectivity index (χ0) is 20.1. The van der Waals surface area contributed by atoms with E-state index >= 15 is 0 Å². The van der Waals surface area contributed by atoms with Crippen molar-refractivity contribution in [2.75, 3.05) is 30.3 Å². The van der Waals surface area contributed by atoms with Gasteiger partial charge in [-0.25, -0.2) is 9.37 Å². The van der Waals surface area contributed by atoms with Crippen LogP contribution in [0, 0.1) is 18.7 Å². The summed E-state index contributed by atoms with van der Waals surface area (Å²) in [5.74, 6) is -0.471. The van der Waals surface area contributed by atoms with E-state index in [1.165, 1.54) is 18.2 Å². The molecule has 28 heavy (non-hydrogen) atoms. The van der Waals surface area contributed by atoms with Gasteiger partial charge in [0.15, 0.2) is 0 Å². The molecule has 0 spiro atoms. The first kappa shape index (κ1) is 20.2. The van der Waals surface area contributed by atoms with Crippen LogP contribution in [0.15, 0.2) is 36.5 Å². The third-order valence-corrected chi connectivity index (χ3v) is 4.93. The molecule has 1 saturated heterocycles. The number of amides is 2. The van der Waals surface area contributed by atoms with E-state index in [0.717, 1.165) is 5.56 Å². The summed E-state index contributed by atoms with van der Waals surface area (Å²) >= 11 is 5.83. The molecule has 0 bridgehead atoms. The molecule has 1 fully saturated rings. The van der Waals surface area contributed by atoms with Gasteiger partial charge in [-0.1, -0.05) is 17.7 Å². The normalized spacial score (nSPS) is 15.2. The minimum absolute atomic E-state index is 0.0542. The lowest BCUT2D eigenvalue weighted by Gasteiger charge is -2.30. The fourth-order valence-electron chi connectivity index (χ4n) is 3.11. The Morgan fingerprint density at radius 2 is 1.96 bits per heavy atom. The van der Waals surface area contributed by atoms with Crippen molar-refractivity contribution in [2.24, 2.45) is 5.92 Å². The van der Waals surface area contributed by atoms with Crippen LogP contribution in [0.1, 0.15) is 18.4 Å². The summed E-state index contributed by atoms with van der Waals surface area (Å²) in [6.45, 7) is 3.31. The van der Waals surface area contributed by atoms with Gasteiger partial charge in [-0.3, -0.25) is 14.5 Å². The van der Waals surface area contributed by atoms with Crippen LogP contribution in [0.3, 0.4) is 0 Å². The highest BCUT2D eigenvalue weighted by molar-refractivity contribution is 6.30. The number of halogens is 2. The number of hydrogen-bond donors (Lipinski definition) is 2. The van der Waals surface area contributed by atoms with Crippen LogP contribution in [0.25, 0.3) is 0 Å². The molecule has 1 aliphatic heterocycles. The molecule has 8 heteroatoms. The minimum Gasteiger partial charge on any atom is -0.322 e. The van der Waals surface area contributed by atoms with Gasteiger partial charge in [0.05, 0.1) is 12.2 Å². The molecular formula is C20H22ClFN4O2. The number of anilines is 2. The number of likely N-dealkylation sites (tertiary alicyclic amines) is 1. The Kier molecular flexibility index (Phi) is 6.59. The monoisotopic (exact) mass is 404 g/mol. The molecule has 2 amide bonds. The van der Waals surface area contributed by atoms with E-state index in [-0.39, 0.29) is 30.0 Å². The van der Waals surface area contributed by atoms with Crippen LogP contribution in [-0.4, -0.2) is 41.3 Å². The highest BCUT2D eigenvalue weighted by Gasteiger charge is 2.26. The second-order valence-corrected chi connectivity index (χ2v) is 7.37. The van der Waals surface area contributed by atoms with Crippen molar-refractivity contribution in [1.82, 2.24) is 9.88 Å². The Morgan fingerprint density at radius 1 is 1.21 bits per heavy atom. The molecule has 0 radical (unpaired) electrons. The van der Waals surface area contributed by atoms with E-state index in [2.05, 4.69) is 15.6 Å². The molecule has 2 aromatic rings. The van der Waals surface area contributed by atoms with E-state index in [1.54, 1.807) is 12.3 Å². The number of nitrogens with zero attached hydrogens (tertiary/aromatic N) is 2. The van der Waals surface area contributed by atoms with Crippen molar-refractivity contribution in [3.05, 3.63) is 52.9 Å². The largest absolute Gasteiger partial charge is 0.322 e. The maximum Gasteiger partial charge on any atom is 0.238 e. The van der Waals surface area contributed by atoms with Gasteiger partial charge < -0.3 is 10.6 Å². The zero-order valence-electron chi connectivity index (χ0n) is 15.5. The van der Waals surface area contributed by atoms with Crippen LogP contribution in [0.2, 0.25) is 5.02 Å². The highest BCUT2D eigenvalue weighted by Crippen LogP contribution is 2.21.